The number of hydrogen-bond acceptors (Lipinski definition) is 6. The summed E-state index contributed by atoms with van der Waals surface area (Å²) < 4.78 is 5.31. The van der Waals surface area contributed by atoms with E-state index in [1.165, 1.54) is 0 Å². The van der Waals surface area contributed by atoms with Gasteiger partial charge in [0.25, 0.3) is 0 Å². The summed E-state index contributed by atoms with van der Waals surface area (Å²) >= 11 is 1.57. The fourth-order valence-electron chi connectivity index (χ4n) is 3.68. The summed E-state index contributed by atoms with van der Waals surface area (Å²) in [4.78, 5) is 51.5. The molecule has 4 atom stereocenters. The molecule has 1 fully saturated rings. The van der Waals surface area contributed by atoms with E-state index in [4.69, 9.17) is 4.74 Å². The van der Waals surface area contributed by atoms with Crippen molar-refractivity contribution in [1.29, 1.82) is 0 Å². The Kier molecular flexibility index (Phi) is 13.2. The third-order valence-electron chi connectivity index (χ3n) is 5.96. The largest absolute Gasteiger partial charge is 0.361 e. The zero-order chi connectivity index (χ0) is 25.9. The van der Waals surface area contributed by atoms with Gasteiger partial charge in [-0.2, -0.15) is 11.8 Å². The van der Waals surface area contributed by atoms with Gasteiger partial charge in [-0.25, -0.2) is 0 Å². The Bertz CT molecular complexity index is 694. The molecule has 1 aliphatic heterocycles. The SMILES string of the molecule is CCCCCC(=O)NC(C(=O)NC(CCSC)C(=O)NC(CC(C)C)C(=O)C1(C)CO1)C(C)C. The molecule has 0 aromatic heterocycles. The molecular formula is C25H45N3O5S. The van der Waals surface area contributed by atoms with Crippen LogP contribution in [0.2, 0.25) is 0 Å². The molecule has 9 heteroatoms. The lowest BCUT2D eigenvalue weighted by Crippen LogP contribution is -2.57. The van der Waals surface area contributed by atoms with E-state index in [-0.39, 0.29) is 35.3 Å². The number of rotatable bonds is 17. The van der Waals surface area contributed by atoms with Crippen molar-refractivity contribution in [2.45, 2.75) is 104 Å². The third-order valence-corrected chi connectivity index (χ3v) is 6.60. The Morgan fingerprint density at radius 2 is 1.59 bits per heavy atom. The molecule has 196 valence electrons. The Balaban J connectivity index is 2.89. The van der Waals surface area contributed by atoms with Crippen LogP contribution in [0.25, 0.3) is 0 Å². The van der Waals surface area contributed by atoms with E-state index in [2.05, 4.69) is 22.9 Å². The molecule has 1 aliphatic rings. The first-order valence-electron chi connectivity index (χ1n) is 12.5. The van der Waals surface area contributed by atoms with Crippen molar-refractivity contribution in [3.63, 3.8) is 0 Å². The highest BCUT2D eigenvalue weighted by Crippen LogP contribution is 2.29. The summed E-state index contributed by atoms with van der Waals surface area (Å²) in [7, 11) is 0. The molecule has 0 aliphatic carbocycles. The second-order valence-corrected chi connectivity index (χ2v) is 11.1. The molecular weight excluding hydrogens is 454 g/mol. The van der Waals surface area contributed by atoms with Gasteiger partial charge in [0, 0.05) is 6.42 Å². The van der Waals surface area contributed by atoms with Crippen molar-refractivity contribution in [2.24, 2.45) is 11.8 Å². The van der Waals surface area contributed by atoms with Crippen LogP contribution < -0.4 is 16.0 Å². The van der Waals surface area contributed by atoms with Gasteiger partial charge in [0.2, 0.25) is 17.7 Å². The van der Waals surface area contributed by atoms with Crippen molar-refractivity contribution in [3.05, 3.63) is 0 Å². The minimum absolute atomic E-state index is 0.135. The maximum atomic E-state index is 13.2. The molecule has 0 aromatic carbocycles. The van der Waals surface area contributed by atoms with E-state index in [1.807, 2.05) is 34.0 Å². The van der Waals surface area contributed by atoms with Crippen LogP contribution in [0.15, 0.2) is 0 Å². The van der Waals surface area contributed by atoms with E-state index >= 15 is 0 Å². The second-order valence-electron chi connectivity index (χ2n) is 10.2. The number of hydrogen-bond donors (Lipinski definition) is 3. The van der Waals surface area contributed by atoms with Crippen LogP contribution in [0.4, 0.5) is 0 Å². The van der Waals surface area contributed by atoms with Gasteiger partial charge in [0.1, 0.15) is 17.7 Å². The van der Waals surface area contributed by atoms with Crippen molar-refractivity contribution in [1.82, 2.24) is 16.0 Å². The molecule has 8 nitrogen and oxygen atoms in total. The molecule has 3 amide bonds. The highest BCUT2D eigenvalue weighted by molar-refractivity contribution is 7.98. The van der Waals surface area contributed by atoms with Gasteiger partial charge in [-0.15, -0.1) is 0 Å². The molecule has 0 radical (unpaired) electrons. The summed E-state index contributed by atoms with van der Waals surface area (Å²) in [6, 6.07) is -2.20. The average Bonchev–Trinajstić information content (AvgIpc) is 3.51. The smallest absolute Gasteiger partial charge is 0.243 e. The predicted molar refractivity (Wildman–Crippen MR) is 137 cm³/mol. The summed E-state index contributed by atoms with van der Waals surface area (Å²) in [5, 5.41) is 8.54. The van der Waals surface area contributed by atoms with Crippen molar-refractivity contribution in [3.8, 4) is 0 Å². The molecule has 0 bridgehead atoms. The number of nitrogens with one attached hydrogen (secondary N) is 3. The highest BCUT2D eigenvalue weighted by Gasteiger charge is 2.50. The Morgan fingerprint density at radius 3 is 2.09 bits per heavy atom. The van der Waals surface area contributed by atoms with Gasteiger partial charge in [-0.3, -0.25) is 19.2 Å². The average molecular weight is 500 g/mol. The molecule has 0 saturated carbocycles. The Hall–Kier alpha value is -1.61. The van der Waals surface area contributed by atoms with Gasteiger partial charge >= 0.3 is 0 Å². The molecule has 0 aromatic rings. The van der Waals surface area contributed by atoms with Crippen LogP contribution in [0, 0.1) is 11.8 Å². The van der Waals surface area contributed by atoms with Crippen LogP contribution >= 0.6 is 11.8 Å². The van der Waals surface area contributed by atoms with Gasteiger partial charge in [-0.05, 0) is 50.0 Å². The molecule has 4 unspecified atom stereocenters. The highest BCUT2D eigenvalue weighted by atomic mass is 32.2. The van der Waals surface area contributed by atoms with Gasteiger partial charge in [0.15, 0.2) is 5.78 Å². The number of unbranched alkanes of at least 4 members (excludes halogenated alkanes) is 2. The van der Waals surface area contributed by atoms with E-state index in [0.29, 0.717) is 31.6 Å². The number of ketones is 1. The van der Waals surface area contributed by atoms with E-state index in [9.17, 15) is 19.2 Å². The number of Topliss-reactive ketones (excluding diaryl/α,β-unsaturated/α-hetero) is 1. The topological polar surface area (TPSA) is 117 Å². The first-order valence-corrected chi connectivity index (χ1v) is 13.9. The van der Waals surface area contributed by atoms with Crippen molar-refractivity contribution >= 4 is 35.3 Å². The van der Waals surface area contributed by atoms with Crippen LogP contribution in [-0.4, -0.2) is 65.8 Å². The number of amides is 3. The van der Waals surface area contributed by atoms with Crippen LogP contribution in [-0.2, 0) is 23.9 Å². The van der Waals surface area contributed by atoms with Gasteiger partial charge in [-0.1, -0.05) is 47.5 Å². The van der Waals surface area contributed by atoms with Crippen LogP contribution in [0.3, 0.4) is 0 Å². The van der Waals surface area contributed by atoms with Gasteiger partial charge < -0.3 is 20.7 Å². The lowest BCUT2D eigenvalue weighted by molar-refractivity contribution is -0.135. The fourth-order valence-corrected chi connectivity index (χ4v) is 4.15. The molecule has 1 rings (SSSR count). The standard InChI is InChI=1S/C25H45N3O5S/c1-8-9-10-11-20(29)28-21(17(4)5)24(32)26-18(12-13-34-7)23(31)27-19(14-16(2)3)22(30)25(6)15-33-25/h16-19,21H,8-15H2,1-7H3,(H,26,32)(H,27,31)(H,28,29). The second kappa shape index (κ2) is 14.7. The monoisotopic (exact) mass is 499 g/mol. The number of thioether (sulfide) groups is 1. The number of carbonyl (C=O) groups excluding carboxylic acids is 4. The van der Waals surface area contributed by atoms with E-state index in [1.54, 1.807) is 18.7 Å². The number of epoxide rings is 1. The summed E-state index contributed by atoms with van der Waals surface area (Å²) in [5.41, 5.74) is -0.838. The number of carbonyl (C=O) groups is 4. The zero-order valence-electron chi connectivity index (χ0n) is 22.0. The Morgan fingerprint density at radius 1 is 0.971 bits per heavy atom. The normalized spacial score (nSPS) is 19.9. The first kappa shape index (κ1) is 30.4. The summed E-state index contributed by atoms with van der Waals surface area (Å²) in [6.07, 6.45) is 5.98. The molecule has 1 saturated heterocycles. The fraction of sp³-hybridized carbons (Fsp3) is 0.840. The van der Waals surface area contributed by atoms with Gasteiger partial charge in [0.05, 0.1) is 12.6 Å². The summed E-state index contributed by atoms with van der Waals surface area (Å²) in [6.45, 7) is 11.9. The molecule has 34 heavy (non-hydrogen) atoms. The third kappa shape index (κ3) is 10.3. The minimum Gasteiger partial charge on any atom is -0.361 e. The van der Waals surface area contributed by atoms with Crippen LogP contribution in [0.1, 0.15) is 80.1 Å². The number of ether oxygens (including phenoxy) is 1. The van der Waals surface area contributed by atoms with E-state index in [0.717, 1.165) is 19.3 Å². The lowest BCUT2D eigenvalue weighted by Gasteiger charge is -2.27. The lowest BCUT2D eigenvalue weighted by atomic mass is 9.93. The zero-order valence-corrected chi connectivity index (χ0v) is 22.8. The molecule has 1 heterocycles. The van der Waals surface area contributed by atoms with E-state index < -0.39 is 23.7 Å². The summed E-state index contributed by atoms with van der Waals surface area (Å²) in [5.74, 6) is -0.341. The molecule has 3 N–H and O–H groups in total. The minimum atomic E-state index is -0.838. The maximum absolute atomic E-state index is 13.2. The van der Waals surface area contributed by atoms with Crippen molar-refractivity contribution < 1.29 is 23.9 Å². The van der Waals surface area contributed by atoms with Crippen molar-refractivity contribution in [2.75, 3.05) is 18.6 Å². The predicted octanol–water partition coefficient (Wildman–Crippen LogP) is 2.83. The maximum Gasteiger partial charge on any atom is 0.243 e. The molecule has 0 spiro atoms. The Labute approximate surface area is 209 Å². The first-order chi connectivity index (χ1) is 15.9. The quantitative estimate of drug-likeness (QED) is 0.209. The van der Waals surface area contributed by atoms with Crippen LogP contribution in [0.5, 0.6) is 0 Å².